The topological polar surface area (TPSA) is 122 Å². The lowest BCUT2D eigenvalue weighted by Crippen LogP contribution is -2.16. The Balaban J connectivity index is 1.77. The number of carbonyl (C=O) groups is 1. The van der Waals surface area contributed by atoms with E-state index in [0.717, 1.165) is 0 Å². The second-order valence-corrected chi connectivity index (χ2v) is 8.42. The number of sulfonamides is 1. The number of primary sulfonamides is 1. The van der Waals surface area contributed by atoms with Crippen LogP contribution in [0.1, 0.15) is 15.9 Å². The first-order valence-corrected chi connectivity index (χ1v) is 10.6. The van der Waals surface area contributed by atoms with Crippen molar-refractivity contribution in [2.75, 3.05) is 5.32 Å². The van der Waals surface area contributed by atoms with Gasteiger partial charge in [-0.3, -0.25) is 9.59 Å². The van der Waals surface area contributed by atoms with Gasteiger partial charge in [0.1, 0.15) is 5.82 Å². The fourth-order valence-corrected chi connectivity index (χ4v) is 3.99. The number of rotatable bonds is 4. The largest absolute Gasteiger partial charge is 0.351 e. The molecule has 30 heavy (non-hydrogen) atoms. The first-order valence-electron chi connectivity index (χ1n) is 8.87. The number of amides is 1. The molecule has 7 nitrogen and oxygen atoms in total. The van der Waals surface area contributed by atoms with E-state index in [1.807, 2.05) is 0 Å². The lowest BCUT2D eigenvalue weighted by atomic mass is 10.1. The van der Waals surface area contributed by atoms with Gasteiger partial charge in [0.25, 0.3) is 5.91 Å². The molecule has 4 rings (SSSR count). The summed E-state index contributed by atoms with van der Waals surface area (Å²) in [5.74, 6) is -1.51. The van der Waals surface area contributed by atoms with Gasteiger partial charge in [-0.25, -0.2) is 17.9 Å². The summed E-state index contributed by atoms with van der Waals surface area (Å²) in [6.07, 6.45) is 0. The van der Waals surface area contributed by atoms with Crippen molar-refractivity contribution in [2.24, 2.45) is 5.14 Å². The third-order valence-electron chi connectivity index (χ3n) is 4.61. The number of benzene rings is 3. The molecule has 0 spiro atoms. The molecule has 0 bridgehead atoms. The van der Waals surface area contributed by atoms with Crippen molar-refractivity contribution in [3.8, 4) is 0 Å². The van der Waals surface area contributed by atoms with Crippen LogP contribution in [0.15, 0.2) is 65.5 Å². The molecule has 1 amide bonds. The lowest BCUT2D eigenvalue weighted by Gasteiger charge is -2.10. The Kier molecular flexibility index (Phi) is 4.84. The quantitative estimate of drug-likeness (QED) is 0.435. The molecule has 0 saturated heterocycles. The van der Waals surface area contributed by atoms with E-state index in [9.17, 15) is 22.4 Å². The number of nitrogens with one attached hydrogen (secondary N) is 2. The lowest BCUT2D eigenvalue weighted by molar-refractivity contribution is 0.102. The molecule has 1 heterocycles. The van der Waals surface area contributed by atoms with Crippen LogP contribution >= 0.6 is 0 Å². The van der Waals surface area contributed by atoms with Crippen molar-refractivity contribution in [2.45, 2.75) is 5.75 Å². The molecular weight excluding hydrogens is 409 g/mol. The van der Waals surface area contributed by atoms with Crippen molar-refractivity contribution < 1.29 is 17.6 Å². The Morgan fingerprint density at radius 3 is 2.40 bits per heavy atom. The van der Waals surface area contributed by atoms with Crippen molar-refractivity contribution in [1.82, 2.24) is 4.98 Å². The summed E-state index contributed by atoms with van der Waals surface area (Å²) in [4.78, 5) is 28.5. The standard InChI is InChI=1S/C21H16FN3O4S/c22-17-9-3-7-15-19(17)25-18-14(20(15)26)6-2-8-16(18)21(27)24-13-5-1-4-12(10-13)11-30(23,28)29/h1-10H,11H2,(H,24,27)(H,25,26)(H2,23,28,29). The molecule has 9 heteroatoms. The highest BCUT2D eigenvalue weighted by atomic mass is 32.2. The number of fused-ring (bicyclic) bond motifs is 2. The second-order valence-electron chi connectivity index (χ2n) is 6.81. The van der Waals surface area contributed by atoms with Gasteiger partial charge in [-0.1, -0.05) is 24.3 Å². The van der Waals surface area contributed by atoms with Crippen LogP contribution in [0.2, 0.25) is 0 Å². The monoisotopic (exact) mass is 425 g/mol. The zero-order valence-electron chi connectivity index (χ0n) is 15.5. The summed E-state index contributed by atoms with van der Waals surface area (Å²) in [6.45, 7) is 0. The Morgan fingerprint density at radius 2 is 1.67 bits per heavy atom. The third-order valence-corrected chi connectivity index (χ3v) is 5.35. The first-order chi connectivity index (χ1) is 14.2. The van der Waals surface area contributed by atoms with Crippen molar-refractivity contribution in [3.05, 3.63) is 87.8 Å². The predicted octanol–water partition coefficient (Wildman–Crippen LogP) is 2.86. The van der Waals surface area contributed by atoms with E-state index >= 15 is 0 Å². The molecule has 3 aromatic carbocycles. The smallest absolute Gasteiger partial charge is 0.257 e. The second kappa shape index (κ2) is 7.36. The van der Waals surface area contributed by atoms with Gasteiger partial charge in [0.2, 0.25) is 10.0 Å². The van der Waals surface area contributed by atoms with E-state index in [1.165, 1.54) is 30.3 Å². The van der Waals surface area contributed by atoms with Gasteiger partial charge in [0.05, 0.1) is 22.3 Å². The summed E-state index contributed by atoms with van der Waals surface area (Å²) in [7, 11) is -3.72. The normalized spacial score (nSPS) is 11.7. The molecule has 1 aromatic heterocycles. The van der Waals surface area contributed by atoms with Crippen LogP contribution in [-0.2, 0) is 15.8 Å². The number of nitrogens with two attached hydrogens (primary N) is 1. The number of aromatic amines is 1. The maximum Gasteiger partial charge on any atom is 0.257 e. The van der Waals surface area contributed by atoms with Gasteiger partial charge in [-0.15, -0.1) is 0 Å². The number of para-hydroxylation sites is 2. The summed E-state index contributed by atoms with van der Waals surface area (Å²) in [6, 6.07) is 15.1. The summed E-state index contributed by atoms with van der Waals surface area (Å²) >= 11 is 0. The Labute approximate surface area is 170 Å². The van der Waals surface area contributed by atoms with Crippen molar-refractivity contribution in [3.63, 3.8) is 0 Å². The van der Waals surface area contributed by atoms with Crippen molar-refractivity contribution >= 4 is 43.4 Å². The van der Waals surface area contributed by atoms with Crippen LogP contribution < -0.4 is 15.9 Å². The zero-order chi connectivity index (χ0) is 21.5. The SMILES string of the molecule is NS(=O)(=O)Cc1cccc(NC(=O)c2cccc3c(=O)c4cccc(F)c4[nH]c23)c1. The number of anilines is 1. The van der Waals surface area contributed by atoms with Crippen LogP contribution in [0.4, 0.5) is 10.1 Å². The van der Waals surface area contributed by atoms with Gasteiger partial charge in [0, 0.05) is 16.5 Å². The Morgan fingerprint density at radius 1 is 1.00 bits per heavy atom. The van der Waals surface area contributed by atoms with E-state index in [2.05, 4.69) is 10.3 Å². The number of carbonyl (C=O) groups excluding carboxylic acids is 1. The van der Waals surface area contributed by atoms with Gasteiger partial charge in [0.15, 0.2) is 5.43 Å². The van der Waals surface area contributed by atoms with Crippen LogP contribution in [0.5, 0.6) is 0 Å². The average molecular weight is 425 g/mol. The molecular formula is C21H16FN3O4S. The van der Waals surface area contributed by atoms with E-state index in [0.29, 0.717) is 11.3 Å². The summed E-state index contributed by atoms with van der Waals surface area (Å²) in [5.41, 5.74) is 0.750. The highest BCUT2D eigenvalue weighted by molar-refractivity contribution is 7.88. The predicted molar refractivity (Wildman–Crippen MR) is 113 cm³/mol. The van der Waals surface area contributed by atoms with E-state index in [4.69, 9.17) is 5.14 Å². The number of hydrogen-bond donors (Lipinski definition) is 3. The van der Waals surface area contributed by atoms with E-state index < -0.39 is 21.7 Å². The average Bonchev–Trinajstić information content (AvgIpc) is 2.67. The van der Waals surface area contributed by atoms with Crippen LogP contribution in [0.3, 0.4) is 0 Å². The highest BCUT2D eigenvalue weighted by Crippen LogP contribution is 2.21. The minimum Gasteiger partial charge on any atom is -0.351 e. The molecule has 4 aromatic rings. The summed E-state index contributed by atoms with van der Waals surface area (Å²) < 4.78 is 36.8. The minimum absolute atomic E-state index is 0.0189. The molecule has 0 fully saturated rings. The molecule has 4 N–H and O–H groups in total. The minimum atomic E-state index is -3.72. The maximum atomic E-state index is 14.2. The molecule has 0 atom stereocenters. The molecule has 0 aliphatic rings. The fourth-order valence-electron chi connectivity index (χ4n) is 3.35. The van der Waals surface area contributed by atoms with Gasteiger partial charge in [-0.2, -0.15) is 0 Å². The van der Waals surface area contributed by atoms with E-state index in [1.54, 1.807) is 30.3 Å². The Bertz CT molecular complexity index is 1480. The zero-order valence-corrected chi connectivity index (χ0v) is 16.3. The van der Waals surface area contributed by atoms with Crippen molar-refractivity contribution in [1.29, 1.82) is 0 Å². The first kappa shape index (κ1) is 19.7. The number of hydrogen-bond acceptors (Lipinski definition) is 4. The summed E-state index contributed by atoms with van der Waals surface area (Å²) in [5, 5.41) is 8.18. The number of H-pyrrole nitrogens is 1. The van der Waals surface area contributed by atoms with Gasteiger partial charge in [-0.05, 0) is 42.0 Å². The van der Waals surface area contributed by atoms with E-state index in [-0.39, 0.29) is 38.6 Å². The number of pyridine rings is 1. The number of halogens is 1. The molecule has 0 saturated carbocycles. The van der Waals surface area contributed by atoms with Crippen LogP contribution in [-0.4, -0.2) is 19.3 Å². The third kappa shape index (κ3) is 3.80. The van der Waals surface area contributed by atoms with Gasteiger partial charge < -0.3 is 10.3 Å². The molecule has 0 aliphatic heterocycles. The van der Waals surface area contributed by atoms with Crippen LogP contribution in [0, 0.1) is 5.82 Å². The fraction of sp³-hybridized carbons (Fsp3) is 0.0476. The maximum absolute atomic E-state index is 14.2. The molecule has 0 radical (unpaired) electrons. The highest BCUT2D eigenvalue weighted by Gasteiger charge is 2.16. The molecule has 0 unspecified atom stereocenters. The molecule has 152 valence electrons. The van der Waals surface area contributed by atoms with Crippen LogP contribution in [0.25, 0.3) is 21.8 Å². The van der Waals surface area contributed by atoms with Gasteiger partial charge >= 0.3 is 0 Å². The number of aromatic nitrogens is 1. The molecule has 0 aliphatic carbocycles. The Hall–Kier alpha value is -3.56.